The van der Waals surface area contributed by atoms with E-state index in [1.807, 2.05) is 17.5 Å². The van der Waals surface area contributed by atoms with E-state index in [0.29, 0.717) is 11.5 Å². The molecule has 0 aliphatic rings. The number of methoxy groups -OCH3 is 1. The summed E-state index contributed by atoms with van der Waals surface area (Å²) < 4.78 is 6.28. The maximum absolute atomic E-state index is 12.5. The molecule has 3 aromatic rings. The molecule has 0 saturated heterocycles. The minimum atomic E-state index is -0.479. The van der Waals surface area contributed by atoms with Gasteiger partial charge in [0.2, 0.25) is 0 Å². The summed E-state index contributed by atoms with van der Waals surface area (Å²) in [6, 6.07) is 8.00. The zero-order valence-electron chi connectivity index (χ0n) is 14.0. The second-order valence-corrected chi connectivity index (χ2v) is 6.25. The Balaban J connectivity index is 1.74. The van der Waals surface area contributed by atoms with E-state index in [1.54, 1.807) is 41.5 Å². The van der Waals surface area contributed by atoms with Gasteiger partial charge in [0.1, 0.15) is 0 Å². The summed E-state index contributed by atoms with van der Waals surface area (Å²) in [6.45, 7) is 0. The second-order valence-electron chi connectivity index (χ2n) is 5.27. The molecule has 2 N–H and O–H groups in total. The van der Waals surface area contributed by atoms with Crippen molar-refractivity contribution in [2.75, 3.05) is 12.4 Å². The average Bonchev–Trinajstić information content (AvgIpc) is 3.35. The van der Waals surface area contributed by atoms with Crippen LogP contribution in [0.5, 0.6) is 0 Å². The molecule has 0 aliphatic carbocycles. The number of urea groups is 1. The maximum atomic E-state index is 12.5. The van der Waals surface area contributed by atoms with Crippen molar-refractivity contribution in [2.45, 2.75) is 12.5 Å². The van der Waals surface area contributed by atoms with Gasteiger partial charge in [-0.15, -0.1) is 11.3 Å². The monoisotopic (exact) mass is 371 g/mol. The van der Waals surface area contributed by atoms with Crippen molar-refractivity contribution < 1.29 is 14.3 Å². The highest BCUT2D eigenvalue weighted by atomic mass is 32.1. The van der Waals surface area contributed by atoms with Crippen LogP contribution in [0.1, 0.15) is 17.3 Å². The molecule has 0 unspecified atom stereocenters. The Labute approximate surface area is 153 Å². The van der Waals surface area contributed by atoms with Gasteiger partial charge in [0.25, 0.3) is 0 Å². The normalized spacial score (nSPS) is 11.6. The largest absolute Gasteiger partial charge is 0.469 e. The van der Waals surface area contributed by atoms with Gasteiger partial charge in [-0.1, -0.05) is 6.07 Å². The van der Waals surface area contributed by atoms with Gasteiger partial charge in [-0.05, 0) is 29.6 Å². The van der Waals surface area contributed by atoms with Crippen molar-refractivity contribution in [3.63, 3.8) is 0 Å². The van der Waals surface area contributed by atoms with Crippen molar-refractivity contribution in [2.24, 2.45) is 0 Å². The summed E-state index contributed by atoms with van der Waals surface area (Å²) in [5.74, 6) is 0.0931. The number of esters is 1. The second kappa shape index (κ2) is 8.26. The molecule has 134 valence electrons. The van der Waals surface area contributed by atoms with Gasteiger partial charge in [-0.2, -0.15) is 5.10 Å². The van der Waals surface area contributed by atoms with Crippen LogP contribution >= 0.6 is 11.3 Å². The molecule has 0 saturated carbocycles. The number of hydrogen-bond acceptors (Lipinski definition) is 6. The van der Waals surface area contributed by atoms with Gasteiger partial charge in [-0.3, -0.25) is 4.79 Å². The fourth-order valence-electron chi connectivity index (χ4n) is 2.35. The summed E-state index contributed by atoms with van der Waals surface area (Å²) in [5, 5.41) is 11.6. The van der Waals surface area contributed by atoms with Crippen molar-refractivity contribution in [1.29, 1.82) is 0 Å². The van der Waals surface area contributed by atoms with E-state index in [9.17, 15) is 9.59 Å². The molecule has 1 atom stereocenters. The van der Waals surface area contributed by atoms with Crippen LogP contribution in [0.4, 0.5) is 10.5 Å². The van der Waals surface area contributed by atoms with E-state index in [2.05, 4.69) is 20.7 Å². The quantitative estimate of drug-likeness (QED) is 0.649. The summed E-state index contributed by atoms with van der Waals surface area (Å²) in [5.41, 5.74) is 0.497. The Hall–Kier alpha value is -3.20. The van der Waals surface area contributed by atoms with Gasteiger partial charge in [0, 0.05) is 23.5 Å². The van der Waals surface area contributed by atoms with Crippen molar-refractivity contribution in [3.05, 3.63) is 59.2 Å². The molecule has 3 heterocycles. The molecule has 26 heavy (non-hydrogen) atoms. The molecule has 0 fully saturated rings. The molecule has 3 rings (SSSR count). The highest BCUT2D eigenvalue weighted by Crippen LogP contribution is 2.23. The Morgan fingerprint density at radius 1 is 1.27 bits per heavy atom. The number of thiophene rings is 1. The molecule has 0 aromatic carbocycles. The number of nitrogens with zero attached hydrogens (tertiary/aromatic N) is 3. The number of aromatic nitrogens is 3. The van der Waals surface area contributed by atoms with E-state index >= 15 is 0 Å². The fraction of sp³-hybridized carbons (Fsp3) is 0.176. The number of amides is 2. The van der Waals surface area contributed by atoms with Gasteiger partial charge in [0.15, 0.2) is 5.82 Å². The lowest BCUT2D eigenvalue weighted by molar-refractivity contribution is -0.141. The molecule has 0 spiro atoms. The first-order valence-corrected chi connectivity index (χ1v) is 8.68. The SMILES string of the molecule is COC(=O)C[C@H](NC(=O)Nc1cccnc1-n1cccn1)c1cccs1. The topological polar surface area (TPSA) is 98.1 Å². The van der Waals surface area contributed by atoms with Crippen LogP contribution in [0.2, 0.25) is 0 Å². The number of anilines is 1. The number of carbonyl (C=O) groups is 2. The minimum absolute atomic E-state index is 0.0451. The van der Waals surface area contributed by atoms with Gasteiger partial charge in [0.05, 0.1) is 25.3 Å². The molecule has 0 radical (unpaired) electrons. The zero-order chi connectivity index (χ0) is 18.4. The number of rotatable bonds is 6. The number of nitrogens with one attached hydrogen (secondary N) is 2. The Morgan fingerprint density at radius 2 is 2.15 bits per heavy atom. The highest BCUT2D eigenvalue weighted by Gasteiger charge is 2.20. The van der Waals surface area contributed by atoms with Crippen LogP contribution in [0.3, 0.4) is 0 Å². The molecular weight excluding hydrogens is 354 g/mol. The van der Waals surface area contributed by atoms with Crippen LogP contribution in [-0.4, -0.2) is 33.9 Å². The third kappa shape index (κ3) is 4.25. The third-order valence-corrected chi connectivity index (χ3v) is 4.53. The highest BCUT2D eigenvalue weighted by molar-refractivity contribution is 7.10. The predicted octanol–water partition coefficient (Wildman–Crippen LogP) is 2.75. The van der Waals surface area contributed by atoms with Crippen LogP contribution in [0.15, 0.2) is 54.3 Å². The summed E-state index contributed by atoms with van der Waals surface area (Å²) >= 11 is 1.46. The number of pyridine rings is 1. The van der Waals surface area contributed by atoms with Gasteiger partial charge < -0.3 is 15.4 Å². The van der Waals surface area contributed by atoms with Crippen LogP contribution in [-0.2, 0) is 9.53 Å². The smallest absolute Gasteiger partial charge is 0.319 e. The maximum Gasteiger partial charge on any atom is 0.319 e. The molecule has 8 nitrogen and oxygen atoms in total. The van der Waals surface area contributed by atoms with Crippen LogP contribution in [0.25, 0.3) is 5.82 Å². The number of ether oxygens (including phenoxy) is 1. The molecule has 9 heteroatoms. The minimum Gasteiger partial charge on any atom is -0.469 e. The number of carbonyl (C=O) groups excluding carboxylic acids is 2. The van der Waals surface area contributed by atoms with E-state index < -0.39 is 18.0 Å². The lowest BCUT2D eigenvalue weighted by Crippen LogP contribution is -2.34. The van der Waals surface area contributed by atoms with Crippen molar-refractivity contribution >= 4 is 29.0 Å². The molecule has 2 amide bonds. The van der Waals surface area contributed by atoms with Gasteiger partial charge >= 0.3 is 12.0 Å². The van der Waals surface area contributed by atoms with E-state index in [1.165, 1.54) is 18.4 Å². The lowest BCUT2D eigenvalue weighted by Gasteiger charge is -2.17. The molecule has 3 aromatic heterocycles. The predicted molar refractivity (Wildman–Crippen MR) is 97.2 cm³/mol. The van der Waals surface area contributed by atoms with Crippen molar-refractivity contribution in [3.8, 4) is 5.82 Å². The summed E-state index contributed by atoms with van der Waals surface area (Å²) in [4.78, 5) is 29.3. The van der Waals surface area contributed by atoms with Gasteiger partial charge in [-0.25, -0.2) is 14.5 Å². The van der Waals surface area contributed by atoms with Crippen LogP contribution < -0.4 is 10.6 Å². The first kappa shape index (κ1) is 17.6. The Morgan fingerprint density at radius 3 is 2.85 bits per heavy atom. The summed E-state index contributed by atoms with van der Waals surface area (Å²) in [6.07, 6.45) is 5.02. The number of hydrogen-bond donors (Lipinski definition) is 2. The first-order valence-electron chi connectivity index (χ1n) is 7.80. The Kier molecular flexibility index (Phi) is 5.59. The van der Waals surface area contributed by atoms with E-state index in [4.69, 9.17) is 4.74 Å². The fourth-order valence-corrected chi connectivity index (χ4v) is 3.13. The molecule has 0 bridgehead atoms. The lowest BCUT2D eigenvalue weighted by atomic mass is 10.2. The van der Waals surface area contributed by atoms with Crippen LogP contribution in [0, 0.1) is 0 Å². The third-order valence-electron chi connectivity index (χ3n) is 3.55. The zero-order valence-corrected chi connectivity index (χ0v) is 14.8. The van der Waals surface area contributed by atoms with E-state index in [0.717, 1.165) is 4.88 Å². The van der Waals surface area contributed by atoms with Crippen molar-refractivity contribution in [1.82, 2.24) is 20.1 Å². The first-order chi connectivity index (χ1) is 12.7. The standard InChI is InChI=1S/C17H17N5O3S/c1-25-15(23)11-13(14-6-3-10-26-14)21-17(24)20-12-5-2-7-18-16(12)22-9-4-8-19-22/h2-10,13H,11H2,1H3,(H2,20,21,24)/t13-/m0/s1. The van der Waals surface area contributed by atoms with E-state index in [-0.39, 0.29) is 6.42 Å². The molecular formula is C17H17N5O3S. The average molecular weight is 371 g/mol. The molecule has 0 aliphatic heterocycles. The summed E-state index contributed by atoms with van der Waals surface area (Å²) in [7, 11) is 1.32. The Bertz CT molecular complexity index is 864.